The Balaban J connectivity index is 1.90. The van der Waals surface area contributed by atoms with Gasteiger partial charge in [-0.2, -0.15) is 0 Å². The summed E-state index contributed by atoms with van der Waals surface area (Å²) < 4.78 is 1.26. The highest BCUT2D eigenvalue weighted by molar-refractivity contribution is 7.22. The van der Waals surface area contributed by atoms with E-state index in [0.717, 1.165) is 4.70 Å². The number of carbonyl (C=O) groups excluding carboxylic acids is 1. The van der Waals surface area contributed by atoms with E-state index < -0.39 is 0 Å². The molecular formula is C16H6Cl3N3OS. The third kappa shape index (κ3) is 2.54. The summed E-state index contributed by atoms with van der Waals surface area (Å²) in [6.07, 6.45) is 0. The molecule has 0 atom stereocenters. The number of para-hydroxylation sites is 1. The quantitative estimate of drug-likeness (QED) is 0.425. The van der Waals surface area contributed by atoms with Gasteiger partial charge in [0.2, 0.25) is 0 Å². The molecule has 0 spiro atoms. The summed E-state index contributed by atoms with van der Waals surface area (Å²) in [5, 5.41) is 9.18. The number of aromatic nitrogens is 3. The summed E-state index contributed by atoms with van der Waals surface area (Å²) in [4.78, 5) is 17.2. The first kappa shape index (κ1) is 15.7. The van der Waals surface area contributed by atoms with Crippen LogP contribution in [-0.4, -0.2) is 21.0 Å². The zero-order valence-electron chi connectivity index (χ0n) is 11.8. The Hall–Kier alpha value is -1.79. The molecule has 24 heavy (non-hydrogen) atoms. The van der Waals surface area contributed by atoms with Gasteiger partial charge in [-0.05, 0) is 18.2 Å². The Kier molecular flexibility index (Phi) is 3.89. The Morgan fingerprint density at radius 3 is 2.50 bits per heavy atom. The normalized spacial score (nSPS) is 11.3. The minimum atomic E-state index is -0.173. The minimum absolute atomic E-state index is 0.173. The molecule has 0 saturated heterocycles. The lowest BCUT2D eigenvalue weighted by molar-refractivity contribution is 0.104. The van der Waals surface area contributed by atoms with Crippen molar-refractivity contribution in [1.29, 1.82) is 0 Å². The number of hydrogen-bond donors (Lipinski definition) is 0. The van der Waals surface area contributed by atoms with E-state index in [1.54, 1.807) is 30.3 Å². The van der Waals surface area contributed by atoms with E-state index in [4.69, 9.17) is 34.8 Å². The Morgan fingerprint density at radius 2 is 1.71 bits per heavy atom. The predicted octanol–water partition coefficient (Wildman–Crippen LogP) is 5.43. The van der Waals surface area contributed by atoms with Gasteiger partial charge in [0.05, 0.1) is 10.2 Å². The van der Waals surface area contributed by atoms with Crippen molar-refractivity contribution in [2.24, 2.45) is 0 Å². The van der Waals surface area contributed by atoms with Gasteiger partial charge in [0.25, 0.3) is 0 Å². The maximum atomic E-state index is 12.9. The summed E-state index contributed by atoms with van der Waals surface area (Å²) >= 11 is 19.4. The van der Waals surface area contributed by atoms with E-state index in [0.29, 0.717) is 31.9 Å². The third-order valence-electron chi connectivity index (χ3n) is 3.59. The molecule has 0 aliphatic carbocycles. The average Bonchev–Trinajstić information content (AvgIpc) is 2.97. The zero-order chi connectivity index (χ0) is 16.8. The van der Waals surface area contributed by atoms with Crippen LogP contribution in [0.2, 0.25) is 14.8 Å². The fourth-order valence-corrected chi connectivity index (χ4v) is 3.94. The van der Waals surface area contributed by atoms with Crippen molar-refractivity contribution >= 4 is 72.9 Å². The number of fused-ring (bicyclic) bond motifs is 2. The largest absolute Gasteiger partial charge is 0.289 e. The molecule has 8 heteroatoms. The summed E-state index contributed by atoms with van der Waals surface area (Å²) in [6.45, 7) is 0. The third-order valence-corrected chi connectivity index (χ3v) is 5.27. The van der Waals surface area contributed by atoms with Gasteiger partial charge in [-0.1, -0.05) is 53.0 Å². The first-order valence-corrected chi connectivity index (χ1v) is 8.71. The number of thiazole rings is 1. The fraction of sp³-hybridized carbons (Fsp3) is 0. The molecule has 0 amide bonds. The molecule has 2 heterocycles. The smallest absolute Gasteiger partial charge is 0.195 e. The SMILES string of the molecule is O=C(c1ccc2c(Cl)nnc(Cl)c2c1)c1cccc2sc(Cl)nc12. The molecule has 0 radical (unpaired) electrons. The van der Waals surface area contributed by atoms with E-state index in [2.05, 4.69) is 15.2 Å². The first-order chi connectivity index (χ1) is 11.5. The summed E-state index contributed by atoms with van der Waals surface area (Å²) in [6, 6.07) is 10.5. The van der Waals surface area contributed by atoms with Gasteiger partial charge >= 0.3 is 0 Å². The van der Waals surface area contributed by atoms with Crippen molar-refractivity contribution < 1.29 is 4.79 Å². The molecule has 0 aliphatic heterocycles. The van der Waals surface area contributed by atoms with Crippen LogP contribution in [0.15, 0.2) is 36.4 Å². The van der Waals surface area contributed by atoms with Gasteiger partial charge in [0.15, 0.2) is 20.6 Å². The van der Waals surface area contributed by atoms with Gasteiger partial charge in [-0.15, -0.1) is 21.5 Å². The standard InChI is InChI=1S/C16H6Cl3N3OS/c17-14-8-5-4-7(6-10(8)15(18)22-21-14)13(23)9-2-1-3-11-12(9)20-16(19)24-11/h1-6H. The average molecular weight is 395 g/mol. The predicted molar refractivity (Wildman–Crippen MR) is 97.6 cm³/mol. The van der Waals surface area contributed by atoms with Crippen LogP contribution in [0.3, 0.4) is 0 Å². The van der Waals surface area contributed by atoms with Crippen LogP contribution in [0.4, 0.5) is 0 Å². The van der Waals surface area contributed by atoms with Crippen LogP contribution in [0.25, 0.3) is 21.0 Å². The summed E-state index contributed by atoms with van der Waals surface area (Å²) in [5.41, 5.74) is 1.54. The number of halogens is 3. The molecule has 0 aliphatic rings. The van der Waals surface area contributed by atoms with Crippen molar-refractivity contribution in [3.63, 3.8) is 0 Å². The maximum Gasteiger partial charge on any atom is 0.195 e. The second-order valence-corrected chi connectivity index (χ2v) is 7.32. The lowest BCUT2D eigenvalue weighted by Crippen LogP contribution is -2.02. The Bertz CT molecular complexity index is 1130. The van der Waals surface area contributed by atoms with Crippen LogP contribution >= 0.6 is 46.1 Å². The molecule has 4 nitrogen and oxygen atoms in total. The van der Waals surface area contributed by atoms with Crippen LogP contribution < -0.4 is 0 Å². The Labute approximate surface area is 155 Å². The molecule has 0 bridgehead atoms. The molecular weight excluding hydrogens is 389 g/mol. The number of benzene rings is 2. The van der Waals surface area contributed by atoms with Gasteiger partial charge in [0, 0.05) is 21.9 Å². The molecule has 118 valence electrons. The second-order valence-electron chi connectivity index (χ2n) is 4.99. The topological polar surface area (TPSA) is 55.7 Å². The molecule has 2 aromatic heterocycles. The highest BCUT2D eigenvalue weighted by Gasteiger charge is 2.17. The van der Waals surface area contributed by atoms with Gasteiger partial charge < -0.3 is 0 Å². The fourth-order valence-electron chi connectivity index (χ4n) is 2.49. The molecule has 0 saturated carbocycles. The maximum absolute atomic E-state index is 12.9. The molecule has 2 aromatic carbocycles. The van der Waals surface area contributed by atoms with E-state index in [-0.39, 0.29) is 16.1 Å². The van der Waals surface area contributed by atoms with E-state index in [1.165, 1.54) is 11.3 Å². The zero-order valence-corrected chi connectivity index (χ0v) is 14.8. The van der Waals surface area contributed by atoms with Gasteiger partial charge in [0.1, 0.15) is 0 Å². The number of ketones is 1. The Morgan fingerprint density at radius 1 is 0.958 bits per heavy atom. The van der Waals surface area contributed by atoms with Crippen molar-refractivity contribution in [3.05, 3.63) is 62.3 Å². The van der Waals surface area contributed by atoms with Crippen LogP contribution in [0.5, 0.6) is 0 Å². The van der Waals surface area contributed by atoms with Crippen molar-refractivity contribution in [2.75, 3.05) is 0 Å². The summed E-state index contributed by atoms with van der Waals surface area (Å²) in [7, 11) is 0. The minimum Gasteiger partial charge on any atom is -0.289 e. The number of nitrogens with zero attached hydrogens (tertiary/aromatic N) is 3. The van der Waals surface area contributed by atoms with Gasteiger partial charge in [-0.25, -0.2) is 4.98 Å². The molecule has 0 N–H and O–H groups in total. The second kappa shape index (κ2) is 5.93. The lowest BCUT2D eigenvalue weighted by atomic mass is 10.0. The van der Waals surface area contributed by atoms with Crippen molar-refractivity contribution in [2.45, 2.75) is 0 Å². The molecule has 4 aromatic rings. The van der Waals surface area contributed by atoms with Crippen molar-refractivity contribution in [3.8, 4) is 0 Å². The number of rotatable bonds is 2. The number of hydrogen-bond acceptors (Lipinski definition) is 5. The van der Waals surface area contributed by atoms with Crippen molar-refractivity contribution in [1.82, 2.24) is 15.2 Å². The molecule has 0 unspecified atom stereocenters. The first-order valence-electron chi connectivity index (χ1n) is 6.76. The van der Waals surface area contributed by atoms with Crippen LogP contribution in [0, 0.1) is 0 Å². The number of carbonyl (C=O) groups is 1. The molecule has 4 rings (SSSR count). The van der Waals surface area contributed by atoms with E-state index >= 15 is 0 Å². The van der Waals surface area contributed by atoms with Gasteiger partial charge in [-0.3, -0.25) is 4.79 Å². The highest BCUT2D eigenvalue weighted by atomic mass is 35.5. The molecule has 0 fully saturated rings. The monoisotopic (exact) mass is 393 g/mol. The highest BCUT2D eigenvalue weighted by Crippen LogP contribution is 2.31. The lowest BCUT2D eigenvalue weighted by Gasteiger charge is -2.06. The van der Waals surface area contributed by atoms with E-state index in [1.807, 2.05) is 6.07 Å². The summed E-state index contributed by atoms with van der Waals surface area (Å²) in [5.74, 6) is -0.173. The van der Waals surface area contributed by atoms with E-state index in [9.17, 15) is 4.79 Å². The van der Waals surface area contributed by atoms with Crippen LogP contribution in [-0.2, 0) is 0 Å². The van der Waals surface area contributed by atoms with Crippen LogP contribution in [0.1, 0.15) is 15.9 Å².